The largest absolute Gasteiger partial charge is 0.465 e. The number of hydrogen-bond acceptors (Lipinski definition) is 5. The summed E-state index contributed by atoms with van der Waals surface area (Å²) in [5.74, 6) is -0.0804. The van der Waals surface area contributed by atoms with Crippen LogP contribution in [0.3, 0.4) is 0 Å². The molecule has 0 aromatic carbocycles. The molecule has 0 bridgehead atoms. The number of amides is 1. The van der Waals surface area contributed by atoms with Gasteiger partial charge >= 0.3 is 5.97 Å². The lowest BCUT2D eigenvalue weighted by atomic mass is 10.3. The number of methoxy groups -OCH3 is 1. The van der Waals surface area contributed by atoms with Crippen molar-refractivity contribution in [2.45, 2.75) is 23.9 Å². The van der Waals surface area contributed by atoms with Crippen LogP contribution < -0.4 is 5.32 Å². The number of thioether (sulfide) groups is 1. The van der Waals surface area contributed by atoms with Gasteiger partial charge in [0.05, 0.1) is 23.5 Å². The number of esters is 1. The lowest BCUT2D eigenvalue weighted by molar-refractivity contribution is -0.118. The molecule has 1 aromatic heterocycles. The first kappa shape index (κ1) is 12.9. The molecular formula is C12H14N2O3S. The summed E-state index contributed by atoms with van der Waals surface area (Å²) in [5.41, 5.74) is 0.442. The van der Waals surface area contributed by atoms with E-state index in [2.05, 4.69) is 15.0 Å². The van der Waals surface area contributed by atoms with Gasteiger partial charge in [-0.3, -0.25) is 4.79 Å². The smallest absolute Gasteiger partial charge is 0.337 e. The molecule has 1 fully saturated rings. The fourth-order valence-corrected chi connectivity index (χ4v) is 2.08. The molecule has 1 amide bonds. The zero-order valence-corrected chi connectivity index (χ0v) is 10.8. The summed E-state index contributed by atoms with van der Waals surface area (Å²) in [6.45, 7) is 0. The minimum Gasteiger partial charge on any atom is -0.465 e. The number of carbonyl (C=O) groups is 2. The zero-order valence-electron chi connectivity index (χ0n) is 10.0. The summed E-state index contributed by atoms with van der Waals surface area (Å²) in [4.78, 5) is 26.9. The molecule has 1 N–H and O–H groups in total. The highest BCUT2D eigenvalue weighted by Gasteiger charge is 2.23. The molecule has 0 aliphatic heterocycles. The second-order valence-electron chi connectivity index (χ2n) is 4.00. The Kier molecular flexibility index (Phi) is 4.19. The average molecular weight is 266 g/mol. The Balaban J connectivity index is 1.88. The van der Waals surface area contributed by atoms with Gasteiger partial charge in [-0.25, -0.2) is 9.78 Å². The topological polar surface area (TPSA) is 68.3 Å². The molecule has 5 nitrogen and oxygen atoms in total. The van der Waals surface area contributed by atoms with Gasteiger partial charge in [-0.15, -0.1) is 0 Å². The van der Waals surface area contributed by atoms with E-state index in [1.807, 2.05) is 0 Å². The van der Waals surface area contributed by atoms with Gasteiger partial charge in [0, 0.05) is 12.2 Å². The van der Waals surface area contributed by atoms with Crippen LogP contribution in [0.5, 0.6) is 0 Å². The number of nitrogens with one attached hydrogen (secondary N) is 1. The van der Waals surface area contributed by atoms with Crippen LogP contribution in [0, 0.1) is 0 Å². The second kappa shape index (κ2) is 5.86. The Hall–Kier alpha value is -1.56. The fraction of sp³-hybridized carbons (Fsp3) is 0.417. The number of carbonyl (C=O) groups excluding carboxylic acids is 2. The molecule has 18 heavy (non-hydrogen) atoms. The molecule has 0 radical (unpaired) electrons. The van der Waals surface area contributed by atoms with Gasteiger partial charge in [-0.1, -0.05) is 11.8 Å². The molecule has 1 aliphatic carbocycles. The number of aromatic nitrogens is 1. The molecule has 1 aromatic rings. The van der Waals surface area contributed by atoms with E-state index in [4.69, 9.17) is 0 Å². The van der Waals surface area contributed by atoms with Gasteiger partial charge in [-0.05, 0) is 25.0 Å². The van der Waals surface area contributed by atoms with E-state index in [1.165, 1.54) is 25.1 Å². The standard InChI is InChI=1S/C12H14N2O3S/c1-17-12(16)8-4-5-13-11(6-8)18-7-10(15)14-9-2-3-9/h4-6,9H,2-3,7H2,1H3,(H,14,15). The van der Waals surface area contributed by atoms with Gasteiger partial charge in [-0.2, -0.15) is 0 Å². The molecule has 0 spiro atoms. The van der Waals surface area contributed by atoms with Gasteiger partial charge in [0.25, 0.3) is 0 Å². The Morgan fingerprint density at radius 1 is 1.56 bits per heavy atom. The van der Waals surface area contributed by atoms with Crippen molar-refractivity contribution in [1.82, 2.24) is 10.3 Å². The van der Waals surface area contributed by atoms with Crippen LogP contribution in [-0.4, -0.2) is 35.8 Å². The third-order valence-corrected chi connectivity index (χ3v) is 3.38. The average Bonchev–Trinajstić information content (AvgIpc) is 3.19. The van der Waals surface area contributed by atoms with E-state index in [0.717, 1.165) is 12.8 Å². The molecule has 0 unspecified atom stereocenters. The first-order valence-corrected chi connectivity index (χ1v) is 6.64. The van der Waals surface area contributed by atoms with Crippen LogP contribution in [0.4, 0.5) is 0 Å². The number of ether oxygens (including phenoxy) is 1. The van der Waals surface area contributed by atoms with Gasteiger partial charge < -0.3 is 10.1 Å². The fourth-order valence-electron chi connectivity index (χ4n) is 1.37. The van der Waals surface area contributed by atoms with Gasteiger partial charge in [0.1, 0.15) is 0 Å². The lowest BCUT2D eigenvalue weighted by Gasteiger charge is -2.04. The Bertz CT molecular complexity index is 460. The Morgan fingerprint density at radius 2 is 2.33 bits per heavy atom. The second-order valence-corrected chi connectivity index (χ2v) is 5.00. The van der Waals surface area contributed by atoms with E-state index in [0.29, 0.717) is 22.4 Å². The molecule has 1 heterocycles. The zero-order chi connectivity index (χ0) is 13.0. The molecule has 6 heteroatoms. The highest BCUT2D eigenvalue weighted by molar-refractivity contribution is 7.99. The minimum absolute atomic E-state index is 0.00720. The number of nitrogens with zero attached hydrogens (tertiary/aromatic N) is 1. The van der Waals surface area contributed by atoms with Crippen molar-refractivity contribution >= 4 is 23.6 Å². The Morgan fingerprint density at radius 3 is 3.00 bits per heavy atom. The highest BCUT2D eigenvalue weighted by Crippen LogP contribution is 2.20. The SMILES string of the molecule is COC(=O)c1ccnc(SCC(=O)NC2CC2)c1. The van der Waals surface area contributed by atoms with Crippen molar-refractivity contribution in [3.8, 4) is 0 Å². The van der Waals surface area contributed by atoms with E-state index in [1.54, 1.807) is 12.1 Å². The quantitative estimate of drug-likeness (QED) is 0.641. The van der Waals surface area contributed by atoms with Crippen LogP contribution in [0.15, 0.2) is 23.4 Å². The molecule has 2 rings (SSSR count). The molecule has 0 atom stereocenters. The van der Waals surface area contributed by atoms with Crippen LogP contribution in [0.25, 0.3) is 0 Å². The van der Waals surface area contributed by atoms with E-state index < -0.39 is 5.97 Å². The van der Waals surface area contributed by atoms with Crippen molar-refractivity contribution in [3.05, 3.63) is 23.9 Å². The molecule has 96 valence electrons. The summed E-state index contributed by atoms with van der Waals surface area (Å²) in [6, 6.07) is 3.58. The van der Waals surface area contributed by atoms with E-state index in [-0.39, 0.29) is 5.91 Å². The van der Waals surface area contributed by atoms with E-state index in [9.17, 15) is 9.59 Å². The minimum atomic E-state index is -0.401. The molecule has 1 aliphatic rings. The summed E-state index contributed by atoms with van der Waals surface area (Å²) in [6.07, 6.45) is 3.69. The monoisotopic (exact) mass is 266 g/mol. The predicted molar refractivity (Wildman–Crippen MR) is 67.5 cm³/mol. The summed E-state index contributed by atoms with van der Waals surface area (Å²) in [5, 5.41) is 3.54. The third-order valence-electron chi connectivity index (χ3n) is 2.45. The number of pyridine rings is 1. The van der Waals surface area contributed by atoms with Crippen molar-refractivity contribution in [2.75, 3.05) is 12.9 Å². The maximum atomic E-state index is 11.5. The molecular weight excluding hydrogens is 252 g/mol. The number of rotatable bonds is 5. The van der Waals surface area contributed by atoms with Crippen LogP contribution in [0.2, 0.25) is 0 Å². The van der Waals surface area contributed by atoms with Gasteiger partial charge in [0.2, 0.25) is 5.91 Å². The summed E-state index contributed by atoms with van der Waals surface area (Å²) in [7, 11) is 1.33. The first-order valence-electron chi connectivity index (χ1n) is 5.65. The highest BCUT2D eigenvalue weighted by atomic mass is 32.2. The van der Waals surface area contributed by atoms with Crippen molar-refractivity contribution < 1.29 is 14.3 Å². The maximum absolute atomic E-state index is 11.5. The van der Waals surface area contributed by atoms with Crippen molar-refractivity contribution in [2.24, 2.45) is 0 Å². The third kappa shape index (κ3) is 3.73. The normalized spacial score (nSPS) is 14.1. The summed E-state index contributed by atoms with van der Waals surface area (Å²) < 4.78 is 4.62. The van der Waals surface area contributed by atoms with Crippen LogP contribution >= 0.6 is 11.8 Å². The van der Waals surface area contributed by atoms with Crippen LogP contribution in [0.1, 0.15) is 23.2 Å². The predicted octanol–water partition coefficient (Wildman–Crippen LogP) is 1.24. The van der Waals surface area contributed by atoms with Crippen LogP contribution in [-0.2, 0) is 9.53 Å². The molecule has 1 saturated carbocycles. The first-order chi connectivity index (χ1) is 8.69. The summed E-state index contributed by atoms with van der Waals surface area (Å²) >= 11 is 1.31. The van der Waals surface area contributed by atoms with E-state index >= 15 is 0 Å². The van der Waals surface area contributed by atoms with Crippen molar-refractivity contribution in [3.63, 3.8) is 0 Å². The maximum Gasteiger partial charge on any atom is 0.337 e. The molecule has 0 saturated heterocycles. The lowest BCUT2D eigenvalue weighted by Crippen LogP contribution is -2.27. The number of hydrogen-bond donors (Lipinski definition) is 1. The van der Waals surface area contributed by atoms with Gasteiger partial charge in [0.15, 0.2) is 0 Å². The van der Waals surface area contributed by atoms with Crippen molar-refractivity contribution in [1.29, 1.82) is 0 Å². The Labute approximate surface area is 109 Å².